The van der Waals surface area contributed by atoms with Gasteiger partial charge < -0.3 is 10.1 Å². The molecule has 2 heterocycles. The second-order valence-corrected chi connectivity index (χ2v) is 7.49. The first kappa shape index (κ1) is 18.6. The molecule has 2 amide bonds. The van der Waals surface area contributed by atoms with Gasteiger partial charge in [0, 0.05) is 30.8 Å². The van der Waals surface area contributed by atoms with E-state index in [9.17, 15) is 9.59 Å². The average molecular weight is 334 g/mol. The second-order valence-electron chi connectivity index (χ2n) is 7.49. The molecule has 3 rings (SSSR count). The van der Waals surface area contributed by atoms with Crippen molar-refractivity contribution in [3.63, 3.8) is 0 Å². The van der Waals surface area contributed by atoms with E-state index in [0.717, 1.165) is 28.6 Å². The summed E-state index contributed by atoms with van der Waals surface area (Å²) in [7, 11) is 0. The molecule has 134 valence electrons. The van der Waals surface area contributed by atoms with Crippen LogP contribution in [0.3, 0.4) is 0 Å². The fourth-order valence-corrected chi connectivity index (χ4v) is 3.99. The van der Waals surface area contributed by atoms with Crippen LogP contribution in [0.25, 0.3) is 0 Å². The molecular formula is C19H30N2O3. The Balaban J connectivity index is 0.000000198. The molecule has 1 saturated carbocycles. The predicted molar refractivity (Wildman–Crippen MR) is 93.8 cm³/mol. The fourth-order valence-electron chi connectivity index (χ4n) is 3.99. The fraction of sp³-hybridized carbons (Fsp3) is 0.684. The van der Waals surface area contributed by atoms with Crippen molar-refractivity contribution < 1.29 is 14.7 Å². The van der Waals surface area contributed by atoms with Crippen LogP contribution in [0.2, 0.25) is 0 Å². The maximum atomic E-state index is 10.6. The molecule has 1 aromatic rings. The Labute approximate surface area is 144 Å². The van der Waals surface area contributed by atoms with Gasteiger partial charge in [-0.1, -0.05) is 27.2 Å². The van der Waals surface area contributed by atoms with Gasteiger partial charge in [-0.25, -0.2) is 9.69 Å². The number of imide groups is 1. The number of hydrogen-bond donors (Lipinski definition) is 2. The zero-order chi connectivity index (χ0) is 17.7. The normalized spacial score (nSPS) is 27.1. The number of nitrogens with zero attached hydrogens (tertiary/aromatic N) is 1. The Morgan fingerprint density at radius 1 is 1.38 bits per heavy atom. The van der Waals surface area contributed by atoms with E-state index in [-0.39, 0.29) is 5.91 Å². The summed E-state index contributed by atoms with van der Waals surface area (Å²) in [4.78, 5) is 24.9. The molecule has 0 aromatic carbocycles. The van der Waals surface area contributed by atoms with E-state index in [0.29, 0.717) is 19.4 Å². The highest BCUT2D eigenvalue weighted by atomic mass is 16.4. The predicted octanol–water partition coefficient (Wildman–Crippen LogP) is 4.48. The van der Waals surface area contributed by atoms with Crippen molar-refractivity contribution in [1.29, 1.82) is 0 Å². The van der Waals surface area contributed by atoms with Crippen molar-refractivity contribution in [2.45, 2.75) is 58.8 Å². The molecule has 0 spiro atoms. The maximum Gasteiger partial charge on any atom is 0.414 e. The number of carboxylic acid groups (broad SMARTS) is 1. The summed E-state index contributed by atoms with van der Waals surface area (Å²) in [6, 6.07) is 4.39. The van der Waals surface area contributed by atoms with Crippen LogP contribution >= 0.6 is 0 Å². The third kappa shape index (κ3) is 4.62. The Morgan fingerprint density at radius 3 is 2.58 bits per heavy atom. The molecular weight excluding hydrogens is 304 g/mol. The van der Waals surface area contributed by atoms with Crippen LogP contribution in [0, 0.1) is 17.8 Å². The van der Waals surface area contributed by atoms with E-state index in [1.165, 1.54) is 25.0 Å². The van der Waals surface area contributed by atoms with Gasteiger partial charge in [-0.3, -0.25) is 4.79 Å². The lowest BCUT2D eigenvalue weighted by molar-refractivity contribution is -0.125. The van der Waals surface area contributed by atoms with Crippen LogP contribution in [-0.2, 0) is 4.79 Å². The number of aromatic amines is 1. The highest BCUT2D eigenvalue weighted by molar-refractivity contribution is 5.92. The molecule has 3 atom stereocenters. The van der Waals surface area contributed by atoms with Crippen LogP contribution < -0.4 is 0 Å². The third-order valence-corrected chi connectivity index (χ3v) is 5.35. The third-order valence-electron chi connectivity index (χ3n) is 5.35. The van der Waals surface area contributed by atoms with Gasteiger partial charge in [0.05, 0.1) is 0 Å². The summed E-state index contributed by atoms with van der Waals surface area (Å²) in [5.74, 6) is 3.07. The van der Waals surface area contributed by atoms with Crippen molar-refractivity contribution in [3.05, 3.63) is 24.0 Å². The zero-order valence-electron chi connectivity index (χ0n) is 15.0. The molecule has 1 aliphatic carbocycles. The summed E-state index contributed by atoms with van der Waals surface area (Å²) in [5, 5.41) is 8.29. The summed E-state index contributed by atoms with van der Waals surface area (Å²) in [6.45, 7) is 7.51. The number of carbonyl (C=O) groups is 2. The average Bonchev–Trinajstić information content (AvgIpc) is 3.18. The number of likely N-dealkylation sites (tertiary alicyclic amines) is 1. The largest absolute Gasteiger partial charge is 0.465 e. The van der Waals surface area contributed by atoms with Crippen LogP contribution in [0.5, 0.6) is 0 Å². The van der Waals surface area contributed by atoms with E-state index < -0.39 is 6.09 Å². The van der Waals surface area contributed by atoms with Crippen molar-refractivity contribution in [1.82, 2.24) is 9.88 Å². The quantitative estimate of drug-likeness (QED) is 0.837. The van der Waals surface area contributed by atoms with Gasteiger partial charge in [-0.15, -0.1) is 0 Å². The number of nitrogens with one attached hydrogen (secondary N) is 1. The molecule has 3 unspecified atom stereocenters. The molecule has 0 bridgehead atoms. The monoisotopic (exact) mass is 334 g/mol. The van der Waals surface area contributed by atoms with E-state index in [1.54, 1.807) is 0 Å². The second kappa shape index (κ2) is 8.36. The van der Waals surface area contributed by atoms with Gasteiger partial charge in [0.15, 0.2) is 0 Å². The van der Waals surface area contributed by atoms with E-state index in [2.05, 4.69) is 44.1 Å². The minimum atomic E-state index is -1.13. The standard InChI is InChI=1S/C14H23N.C5H7NO3/c1-10(2)12-7-6-11(3)9-13(12)14-5-4-8-15-14;7-4-2-1-3-6(4)5(8)9/h4-5,8,10-13,15H,6-7,9H2,1-3H3;1-3H2,(H,8,9). The number of amides is 2. The number of H-pyrrole nitrogens is 1. The zero-order valence-corrected chi connectivity index (χ0v) is 15.0. The Morgan fingerprint density at radius 2 is 2.12 bits per heavy atom. The molecule has 24 heavy (non-hydrogen) atoms. The van der Waals surface area contributed by atoms with Gasteiger partial charge >= 0.3 is 6.09 Å². The molecule has 1 saturated heterocycles. The number of rotatable bonds is 2. The maximum absolute atomic E-state index is 10.6. The Hall–Kier alpha value is -1.78. The van der Waals surface area contributed by atoms with Crippen molar-refractivity contribution in [2.24, 2.45) is 17.8 Å². The van der Waals surface area contributed by atoms with Crippen LogP contribution in [0.15, 0.2) is 18.3 Å². The lowest BCUT2D eigenvalue weighted by Gasteiger charge is -2.37. The number of aromatic nitrogens is 1. The number of carbonyl (C=O) groups excluding carboxylic acids is 1. The van der Waals surface area contributed by atoms with Gasteiger partial charge in [-0.05, 0) is 49.1 Å². The Kier molecular flexibility index (Phi) is 6.46. The lowest BCUT2D eigenvalue weighted by atomic mass is 9.69. The van der Waals surface area contributed by atoms with E-state index in [1.807, 2.05) is 0 Å². The summed E-state index contributed by atoms with van der Waals surface area (Å²) in [5.41, 5.74) is 1.46. The van der Waals surface area contributed by atoms with Gasteiger partial charge in [0.25, 0.3) is 0 Å². The van der Waals surface area contributed by atoms with Crippen molar-refractivity contribution in [3.8, 4) is 0 Å². The topological polar surface area (TPSA) is 73.4 Å². The lowest BCUT2D eigenvalue weighted by Crippen LogP contribution is -2.29. The summed E-state index contributed by atoms with van der Waals surface area (Å²) >= 11 is 0. The van der Waals surface area contributed by atoms with E-state index >= 15 is 0 Å². The van der Waals surface area contributed by atoms with Crippen LogP contribution in [0.1, 0.15) is 64.5 Å². The number of hydrogen-bond acceptors (Lipinski definition) is 2. The SMILES string of the molecule is CC1CCC(C(C)C)C(c2ccc[nH]2)C1.O=C(O)N1CCCC1=O. The first-order chi connectivity index (χ1) is 11.4. The summed E-state index contributed by atoms with van der Waals surface area (Å²) < 4.78 is 0. The first-order valence-corrected chi connectivity index (χ1v) is 9.06. The van der Waals surface area contributed by atoms with E-state index in [4.69, 9.17) is 5.11 Å². The van der Waals surface area contributed by atoms with Gasteiger partial charge in [0.2, 0.25) is 5.91 Å². The van der Waals surface area contributed by atoms with Crippen molar-refractivity contribution >= 4 is 12.0 Å². The van der Waals surface area contributed by atoms with Crippen LogP contribution in [-0.4, -0.2) is 33.5 Å². The van der Waals surface area contributed by atoms with Gasteiger partial charge in [0.1, 0.15) is 0 Å². The summed E-state index contributed by atoms with van der Waals surface area (Å²) in [6.07, 6.45) is 6.17. The highest BCUT2D eigenvalue weighted by Crippen LogP contribution is 2.43. The molecule has 2 fully saturated rings. The van der Waals surface area contributed by atoms with Crippen LogP contribution in [0.4, 0.5) is 4.79 Å². The molecule has 5 nitrogen and oxygen atoms in total. The molecule has 2 aliphatic rings. The molecule has 2 N–H and O–H groups in total. The molecule has 5 heteroatoms. The molecule has 1 aromatic heterocycles. The highest BCUT2D eigenvalue weighted by Gasteiger charge is 2.32. The molecule has 1 aliphatic heterocycles. The minimum Gasteiger partial charge on any atom is -0.465 e. The first-order valence-electron chi connectivity index (χ1n) is 9.06. The molecule has 0 radical (unpaired) electrons. The minimum absolute atomic E-state index is 0.275. The smallest absolute Gasteiger partial charge is 0.414 e. The Bertz CT molecular complexity index is 539. The van der Waals surface area contributed by atoms with Gasteiger partial charge in [-0.2, -0.15) is 0 Å². The van der Waals surface area contributed by atoms with Crippen molar-refractivity contribution in [2.75, 3.05) is 6.54 Å².